The van der Waals surface area contributed by atoms with Crippen molar-refractivity contribution in [1.82, 2.24) is 0 Å². The van der Waals surface area contributed by atoms with Gasteiger partial charge in [-0.25, -0.2) is 0 Å². The van der Waals surface area contributed by atoms with Crippen molar-refractivity contribution in [3.63, 3.8) is 0 Å². The fraction of sp³-hybridized carbons (Fsp3) is 0.462. The van der Waals surface area contributed by atoms with E-state index >= 15 is 0 Å². The number of ketones is 1. The second kappa shape index (κ2) is 12.8. The minimum Gasteiger partial charge on any atom is -0.496 e. The molecule has 0 fully saturated rings. The highest BCUT2D eigenvalue weighted by molar-refractivity contribution is 9.10. The summed E-state index contributed by atoms with van der Waals surface area (Å²) in [6.45, 7) is 7.03. The van der Waals surface area contributed by atoms with Crippen LogP contribution in [-0.2, 0) is 9.53 Å². The molecule has 0 saturated carbocycles. The third kappa shape index (κ3) is 7.29. The Morgan fingerprint density at radius 1 is 1.19 bits per heavy atom. The molecule has 0 spiro atoms. The van der Waals surface area contributed by atoms with E-state index in [4.69, 9.17) is 9.47 Å². The van der Waals surface area contributed by atoms with Crippen LogP contribution in [0.25, 0.3) is 0 Å². The summed E-state index contributed by atoms with van der Waals surface area (Å²) in [4.78, 5) is 17.3. The van der Waals surface area contributed by atoms with E-state index in [0.29, 0.717) is 25.3 Å². The molecule has 5 heteroatoms. The zero-order valence-electron chi connectivity index (χ0n) is 19.3. The Hall–Kier alpha value is -1.98. The molecular formula is C26H34BrNO3. The largest absolute Gasteiger partial charge is 0.496 e. The Morgan fingerprint density at radius 2 is 1.94 bits per heavy atom. The number of hydrogen-bond donors (Lipinski definition) is 0. The van der Waals surface area contributed by atoms with Crippen LogP contribution in [0.5, 0.6) is 5.75 Å². The number of halogens is 1. The molecule has 0 aliphatic rings. The van der Waals surface area contributed by atoms with Gasteiger partial charge in [-0.05, 0) is 76.0 Å². The number of rotatable bonds is 12. The van der Waals surface area contributed by atoms with Crippen LogP contribution in [0.2, 0.25) is 0 Å². The van der Waals surface area contributed by atoms with E-state index in [-0.39, 0.29) is 5.78 Å². The summed E-state index contributed by atoms with van der Waals surface area (Å²) in [5, 5.41) is 0. The first kappa shape index (κ1) is 25.3. The van der Waals surface area contributed by atoms with Gasteiger partial charge in [-0.15, -0.1) is 0 Å². The van der Waals surface area contributed by atoms with Gasteiger partial charge in [0.25, 0.3) is 0 Å². The van der Waals surface area contributed by atoms with Crippen molar-refractivity contribution in [2.45, 2.75) is 58.5 Å². The first-order valence-electron chi connectivity index (χ1n) is 10.9. The summed E-state index contributed by atoms with van der Waals surface area (Å²) >= 11 is 3.52. The maximum Gasteiger partial charge on any atom is 0.166 e. The molecule has 0 heterocycles. The predicted molar refractivity (Wildman–Crippen MR) is 132 cm³/mol. The van der Waals surface area contributed by atoms with Gasteiger partial charge in [0, 0.05) is 26.3 Å². The highest BCUT2D eigenvalue weighted by atomic mass is 79.9. The number of benzene rings is 2. The fourth-order valence-corrected chi connectivity index (χ4v) is 4.11. The van der Waals surface area contributed by atoms with Gasteiger partial charge in [-0.2, -0.15) is 0 Å². The third-order valence-corrected chi connectivity index (χ3v) is 6.46. The van der Waals surface area contributed by atoms with Crippen LogP contribution >= 0.6 is 15.9 Å². The summed E-state index contributed by atoms with van der Waals surface area (Å²) in [7, 11) is 3.25. The maximum absolute atomic E-state index is 12.8. The van der Waals surface area contributed by atoms with Crippen molar-refractivity contribution in [1.29, 1.82) is 0 Å². The van der Waals surface area contributed by atoms with Crippen LogP contribution in [-0.4, -0.2) is 32.8 Å². The lowest BCUT2D eigenvalue weighted by atomic mass is 9.92. The molecule has 2 aromatic carbocycles. The molecule has 2 rings (SSSR count). The zero-order chi connectivity index (χ0) is 22.8. The van der Waals surface area contributed by atoms with E-state index in [1.807, 2.05) is 31.3 Å². The summed E-state index contributed by atoms with van der Waals surface area (Å²) in [5.41, 5.74) is 4.28. The first-order chi connectivity index (χ1) is 14.9. The van der Waals surface area contributed by atoms with Crippen LogP contribution in [0.15, 0.2) is 45.9 Å². The Morgan fingerprint density at radius 3 is 2.61 bits per heavy atom. The average Bonchev–Trinajstić information content (AvgIpc) is 2.76. The van der Waals surface area contributed by atoms with Crippen molar-refractivity contribution in [2.75, 3.05) is 20.8 Å². The summed E-state index contributed by atoms with van der Waals surface area (Å²) in [5.74, 6) is 1.36. The lowest BCUT2D eigenvalue weighted by Gasteiger charge is -2.17. The summed E-state index contributed by atoms with van der Waals surface area (Å²) in [6.07, 6.45) is 4.72. The number of carbonyl (C=O) groups excluding carboxylic acids is 1. The minimum absolute atomic E-state index is 0.0964. The topological polar surface area (TPSA) is 47.9 Å². The molecule has 0 aliphatic heterocycles. The zero-order valence-corrected chi connectivity index (χ0v) is 20.9. The maximum atomic E-state index is 12.8. The molecule has 168 valence electrons. The van der Waals surface area contributed by atoms with Crippen molar-refractivity contribution in [2.24, 2.45) is 4.99 Å². The smallest absolute Gasteiger partial charge is 0.166 e. The molecule has 31 heavy (non-hydrogen) atoms. The molecule has 4 nitrogen and oxygen atoms in total. The lowest BCUT2D eigenvalue weighted by Crippen LogP contribution is -2.15. The molecule has 2 unspecified atom stereocenters. The lowest BCUT2D eigenvalue weighted by molar-refractivity contribution is -0.129. The van der Waals surface area contributed by atoms with Crippen LogP contribution in [0, 0.1) is 6.92 Å². The van der Waals surface area contributed by atoms with Crippen LogP contribution in [0.3, 0.4) is 0 Å². The van der Waals surface area contributed by atoms with Crippen molar-refractivity contribution < 1.29 is 14.3 Å². The third-order valence-electron chi connectivity index (χ3n) is 5.45. The summed E-state index contributed by atoms with van der Waals surface area (Å²) in [6, 6.07) is 12.3. The number of aryl methyl sites for hydroxylation is 1. The second-order valence-electron chi connectivity index (χ2n) is 7.93. The number of Topliss-reactive ketones (excluding diaryl/α,β-unsaturated/α-hetero) is 1. The predicted octanol–water partition coefficient (Wildman–Crippen LogP) is 6.83. The SMILES string of the molecule is CCCC(C)c1cccc(C(OC)C(=O)CCCN=Cc2cc(C)c(Br)c(OC)c2)c1. The van der Waals surface area contributed by atoms with Gasteiger partial charge in [-0.1, -0.05) is 44.5 Å². The van der Waals surface area contributed by atoms with Crippen LogP contribution in [0.1, 0.15) is 73.8 Å². The van der Waals surface area contributed by atoms with Gasteiger partial charge in [0.05, 0.1) is 11.6 Å². The summed E-state index contributed by atoms with van der Waals surface area (Å²) < 4.78 is 11.9. The second-order valence-corrected chi connectivity index (χ2v) is 8.73. The van der Waals surface area contributed by atoms with Crippen LogP contribution < -0.4 is 4.74 Å². The van der Waals surface area contributed by atoms with E-state index in [2.05, 4.69) is 53.0 Å². The molecule has 0 amide bonds. The molecule has 0 N–H and O–H groups in total. The number of methoxy groups -OCH3 is 2. The molecule has 0 aliphatic carbocycles. The monoisotopic (exact) mass is 487 g/mol. The standard InChI is InChI=1S/C26H34BrNO3/c1-6-9-18(2)21-10-7-11-22(16-21)26(31-5)23(29)12-8-13-28-17-20-14-19(3)25(27)24(15-20)30-4/h7,10-11,14-18,26H,6,8-9,12-13H2,1-5H3. The highest BCUT2D eigenvalue weighted by Crippen LogP contribution is 2.29. The van der Waals surface area contributed by atoms with E-state index in [9.17, 15) is 4.79 Å². The Bertz CT molecular complexity index is 894. The van der Waals surface area contributed by atoms with E-state index in [1.54, 1.807) is 14.2 Å². The van der Waals surface area contributed by atoms with E-state index in [1.165, 1.54) is 5.56 Å². The van der Waals surface area contributed by atoms with Gasteiger partial charge in [-0.3, -0.25) is 9.79 Å². The van der Waals surface area contributed by atoms with Gasteiger partial charge in [0.15, 0.2) is 5.78 Å². The van der Waals surface area contributed by atoms with Crippen molar-refractivity contribution in [3.05, 3.63) is 63.1 Å². The molecule has 0 radical (unpaired) electrons. The van der Waals surface area contributed by atoms with E-state index in [0.717, 1.165) is 39.8 Å². The Balaban J connectivity index is 1.93. The van der Waals surface area contributed by atoms with Gasteiger partial charge in [0.2, 0.25) is 0 Å². The number of nitrogens with zero attached hydrogens (tertiary/aromatic N) is 1. The fourth-order valence-electron chi connectivity index (χ4n) is 3.71. The number of ether oxygens (including phenoxy) is 2. The highest BCUT2D eigenvalue weighted by Gasteiger charge is 2.20. The van der Waals surface area contributed by atoms with Crippen LogP contribution in [0.4, 0.5) is 0 Å². The molecule has 2 aromatic rings. The molecule has 0 bridgehead atoms. The van der Waals surface area contributed by atoms with E-state index < -0.39 is 6.10 Å². The minimum atomic E-state index is -0.517. The quantitative estimate of drug-likeness (QED) is 0.243. The van der Waals surface area contributed by atoms with Crippen molar-refractivity contribution >= 4 is 27.9 Å². The first-order valence-corrected chi connectivity index (χ1v) is 11.7. The van der Waals surface area contributed by atoms with Crippen molar-refractivity contribution in [3.8, 4) is 5.75 Å². The molecular weight excluding hydrogens is 454 g/mol. The Kier molecular flexibility index (Phi) is 10.4. The molecule has 0 saturated heterocycles. The Labute approximate surface area is 195 Å². The average molecular weight is 488 g/mol. The number of aliphatic imine (C=N–C) groups is 1. The van der Waals surface area contributed by atoms with Gasteiger partial charge < -0.3 is 9.47 Å². The number of carbonyl (C=O) groups is 1. The molecule has 0 aromatic heterocycles. The normalized spacial score (nSPS) is 13.4. The molecule has 2 atom stereocenters. The van der Waals surface area contributed by atoms with Gasteiger partial charge >= 0.3 is 0 Å². The number of hydrogen-bond acceptors (Lipinski definition) is 4. The van der Waals surface area contributed by atoms with Gasteiger partial charge in [0.1, 0.15) is 11.9 Å².